The van der Waals surface area contributed by atoms with Crippen LogP contribution in [0.15, 0.2) is 30.3 Å². The van der Waals surface area contributed by atoms with Gasteiger partial charge < -0.3 is 10.2 Å². The zero-order valence-corrected chi connectivity index (χ0v) is 14.1. The fourth-order valence-electron chi connectivity index (χ4n) is 2.18. The zero-order chi connectivity index (χ0) is 15.6. The van der Waals surface area contributed by atoms with Crippen molar-refractivity contribution in [1.82, 2.24) is 10.3 Å². The van der Waals surface area contributed by atoms with Crippen LogP contribution in [0, 0.1) is 0 Å². The van der Waals surface area contributed by atoms with Gasteiger partial charge in [-0.1, -0.05) is 18.2 Å². The van der Waals surface area contributed by atoms with Gasteiger partial charge in [0.2, 0.25) is 0 Å². The van der Waals surface area contributed by atoms with Crippen molar-refractivity contribution in [2.75, 3.05) is 11.9 Å². The van der Waals surface area contributed by atoms with Gasteiger partial charge >= 0.3 is 0 Å². The Bertz CT molecular complexity index is 611. The highest BCUT2D eigenvalue weighted by Gasteiger charge is 2.13. The summed E-state index contributed by atoms with van der Waals surface area (Å²) in [5.74, 6) is 1.04. The maximum Gasteiger partial charge on any atom is 0.129 e. The smallest absolute Gasteiger partial charge is 0.129 e. The predicted molar refractivity (Wildman–Crippen MR) is 91.9 cm³/mol. The molecule has 3 nitrogen and oxygen atoms in total. The van der Waals surface area contributed by atoms with E-state index in [1.54, 1.807) is 0 Å². The number of anilines is 1. The van der Waals surface area contributed by atoms with Crippen LogP contribution in [-0.4, -0.2) is 23.6 Å². The first-order valence-electron chi connectivity index (χ1n) is 7.64. The van der Waals surface area contributed by atoms with E-state index in [2.05, 4.69) is 82.2 Å². The van der Waals surface area contributed by atoms with Crippen molar-refractivity contribution >= 4 is 16.7 Å². The Morgan fingerprint density at radius 1 is 1.19 bits per heavy atom. The number of nitrogens with zero attached hydrogens (tertiary/aromatic N) is 2. The lowest BCUT2D eigenvalue weighted by molar-refractivity contribution is 0.425. The van der Waals surface area contributed by atoms with Gasteiger partial charge in [0.25, 0.3) is 0 Å². The number of aromatic nitrogens is 1. The topological polar surface area (TPSA) is 28.2 Å². The maximum atomic E-state index is 4.80. The second-order valence-electron chi connectivity index (χ2n) is 6.96. The number of pyridine rings is 1. The summed E-state index contributed by atoms with van der Waals surface area (Å²) in [6.07, 6.45) is 0. The van der Waals surface area contributed by atoms with Crippen molar-refractivity contribution in [3.63, 3.8) is 0 Å². The van der Waals surface area contributed by atoms with Crippen molar-refractivity contribution in [2.45, 2.75) is 52.7 Å². The molecule has 1 aromatic heterocycles. The predicted octanol–water partition coefficient (Wildman–Crippen LogP) is 3.97. The van der Waals surface area contributed by atoms with Gasteiger partial charge in [0, 0.05) is 30.6 Å². The van der Waals surface area contributed by atoms with E-state index < -0.39 is 0 Å². The Labute approximate surface area is 128 Å². The summed E-state index contributed by atoms with van der Waals surface area (Å²) in [5, 5.41) is 4.81. The van der Waals surface area contributed by atoms with E-state index in [9.17, 15) is 0 Å². The van der Waals surface area contributed by atoms with Crippen LogP contribution in [-0.2, 0) is 6.54 Å². The monoisotopic (exact) mass is 285 g/mol. The van der Waals surface area contributed by atoms with E-state index in [0.29, 0.717) is 6.04 Å². The molecule has 21 heavy (non-hydrogen) atoms. The van der Waals surface area contributed by atoms with Crippen LogP contribution >= 0.6 is 0 Å². The number of benzene rings is 1. The van der Waals surface area contributed by atoms with Crippen LogP contribution in [0.5, 0.6) is 0 Å². The van der Waals surface area contributed by atoms with Crippen molar-refractivity contribution < 1.29 is 0 Å². The van der Waals surface area contributed by atoms with Gasteiger partial charge in [-0.2, -0.15) is 0 Å². The van der Waals surface area contributed by atoms with Gasteiger partial charge in [0.15, 0.2) is 0 Å². The maximum absolute atomic E-state index is 4.80. The van der Waals surface area contributed by atoms with Crippen LogP contribution in [0.25, 0.3) is 10.9 Å². The summed E-state index contributed by atoms with van der Waals surface area (Å²) in [5.41, 5.74) is 2.47. The molecule has 1 heterocycles. The first-order valence-corrected chi connectivity index (χ1v) is 7.64. The van der Waals surface area contributed by atoms with Gasteiger partial charge in [-0.15, -0.1) is 0 Å². The molecule has 0 aliphatic rings. The first kappa shape index (κ1) is 15.8. The molecule has 3 heteroatoms. The van der Waals surface area contributed by atoms with E-state index in [1.165, 1.54) is 10.9 Å². The van der Waals surface area contributed by atoms with Gasteiger partial charge in [-0.3, -0.25) is 0 Å². The highest BCUT2D eigenvalue weighted by molar-refractivity contribution is 5.84. The van der Waals surface area contributed by atoms with Crippen LogP contribution < -0.4 is 10.2 Å². The highest BCUT2D eigenvalue weighted by atomic mass is 15.2. The zero-order valence-electron chi connectivity index (χ0n) is 14.1. The summed E-state index contributed by atoms with van der Waals surface area (Å²) >= 11 is 0. The molecule has 0 saturated carbocycles. The highest BCUT2D eigenvalue weighted by Crippen LogP contribution is 2.24. The van der Waals surface area contributed by atoms with Gasteiger partial charge in [0.1, 0.15) is 5.82 Å². The number of para-hydroxylation sites is 1. The molecule has 1 N–H and O–H groups in total. The van der Waals surface area contributed by atoms with Gasteiger partial charge in [0.05, 0.1) is 5.52 Å². The molecule has 0 aliphatic carbocycles. The Morgan fingerprint density at radius 2 is 1.86 bits per heavy atom. The van der Waals surface area contributed by atoms with E-state index in [0.717, 1.165) is 17.9 Å². The molecule has 0 unspecified atom stereocenters. The summed E-state index contributed by atoms with van der Waals surface area (Å²) < 4.78 is 0. The van der Waals surface area contributed by atoms with E-state index in [4.69, 9.17) is 4.98 Å². The van der Waals surface area contributed by atoms with Crippen LogP contribution in [0.3, 0.4) is 0 Å². The number of rotatable bonds is 4. The van der Waals surface area contributed by atoms with Crippen LogP contribution in [0.2, 0.25) is 0 Å². The van der Waals surface area contributed by atoms with Crippen LogP contribution in [0.4, 0.5) is 5.82 Å². The molecule has 2 rings (SSSR count). The van der Waals surface area contributed by atoms with Gasteiger partial charge in [-0.05, 0) is 52.3 Å². The Balaban J connectivity index is 2.45. The molecule has 0 radical (unpaired) electrons. The number of hydrogen-bond acceptors (Lipinski definition) is 3. The van der Waals surface area contributed by atoms with Crippen molar-refractivity contribution in [1.29, 1.82) is 0 Å². The average Bonchev–Trinajstić information content (AvgIpc) is 2.42. The second kappa shape index (κ2) is 6.02. The number of nitrogens with one attached hydrogen (secondary N) is 1. The normalized spacial score (nSPS) is 12.1. The molecule has 0 spiro atoms. The van der Waals surface area contributed by atoms with Crippen molar-refractivity contribution in [3.8, 4) is 0 Å². The Morgan fingerprint density at radius 3 is 2.48 bits per heavy atom. The van der Waals surface area contributed by atoms with Crippen molar-refractivity contribution in [3.05, 3.63) is 35.9 Å². The number of hydrogen-bond donors (Lipinski definition) is 1. The fourth-order valence-corrected chi connectivity index (χ4v) is 2.18. The van der Waals surface area contributed by atoms with Crippen LogP contribution in [0.1, 0.15) is 40.2 Å². The average molecular weight is 285 g/mol. The SMILES string of the molecule is CC(C)N(C)c1cc(CNC(C)(C)C)c2ccccc2n1. The lowest BCUT2D eigenvalue weighted by Crippen LogP contribution is -2.35. The fraction of sp³-hybridized carbons (Fsp3) is 0.500. The molecule has 2 aromatic rings. The van der Waals surface area contributed by atoms with E-state index in [-0.39, 0.29) is 5.54 Å². The number of fused-ring (bicyclic) bond motifs is 1. The Kier molecular flexibility index (Phi) is 4.52. The lowest BCUT2D eigenvalue weighted by Gasteiger charge is -2.25. The summed E-state index contributed by atoms with van der Waals surface area (Å²) in [7, 11) is 2.10. The summed E-state index contributed by atoms with van der Waals surface area (Å²) in [6, 6.07) is 11.0. The molecule has 1 aromatic carbocycles. The summed E-state index contributed by atoms with van der Waals surface area (Å²) in [6.45, 7) is 11.8. The molecule has 0 atom stereocenters. The summed E-state index contributed by atoms with van der Waals surface area (Å²) in [4.78, 5) is 7.01. The minimum absolute atomic E-state index is 0.106. The molecule has 0 saturated heterocycles. The minimum atomic E-state index is 0.106. The van der Waals surface area contributed by atoms with E-state index >= 15 is 0 Å². The van der Waals surface area contributed by atoms with Crippen molar-refractivity contribution in [2.24, 2.45) is 0 Å². The first-order chi connectivity index (χ1) is 9.78. The van der Waals surface area contributed by atoms with Gasteiger partial charge in [-0.25, -0.2) is 4.98 Å². The second-order valence-corrected chi connectivity index (χ2v) is 6.96. The quantitative estimate of drug-likeness (QED) is 0.921. The molecular weight excluding hydrogens is 258 g/mol. The Hall–Kier alpha value is -1.61. The molecule has 0 amide bonds. The third-order valence-corrected chi connectivity index (χ3v) is 3.73. The lowest BCUT2D eigenvalue weighted by atomic mass is 10.1. The molecular formula is C18H27N3. The van der Waals surface area contributed by atoms with E-state index in [1.807, 2.05) is 0 Å². The molecule has 0 bridgehead atoms. The minimum Gasteiger partial charge on any atom is -0.357 e. The molecule has 0 fully saturated rings. The third-order valence-electron chi connectivity index (χ3n) is 3.73. The standard InChI is InChI=1S/C18H27N3/c1-13(2)21(6)17-11-14(12-19-18(3,4)5)15-9-7-8-10-16(15)20-17/h7-11,13,19H,12H2,1-6H3. The largest absolute Gasteiger partial charge is 0.357 e. The molecule has 0 aliphatic heterocycles. The third kappa shape index (κ3) is 3.94. The molecule has 114 valence electrons.